The Balaban J connectivity index is 3.48. The molecule has 0 N–H and O–H groups in total. The van der Waals surface area contributed by atoms with E-state index in [4.69, 9.17) is 6.42 Å². The highest BCUT2D eigenvalue weighted by atomic mass is 32.2. The van der Waals surface area contributed by atoms with E-state index in [1.54, 1.807) is 0 Å². The Morgan fingerprint density at radius 3 is 2.44 bits per heavy atom. The van der Waals surface area contributed by atoms with Gasteiger partial charge in [-0.2, -0.15) is 0 Å². The van der Waals surface area contributed by atoms with Gasteiger partial charge in [0.2, 0.25) is 0 Å². The second-order valence-corrected chi connectivity index (χ2v) is 4.29. The minimum absolute atomic E-state index is 0.367. The molecule has 0 radical (unpaired) electrons. The third kappa shape index (κ3) is 4.42. The molecule has 0 spiro atoms. The average Bonchev–Trinajstić information content (AvgIpc) is 1.84. The summed E-state index contributed by atoms with van der Waals surface area (Å²) in [6.45, 7) is 6.62. The molecule has 0 amide bonds. The van der Waals surface area contributed by atoms with Gasteiger partial charge in [0.1, 0.15) is 0 Å². The normalized spacial score (nSPS) is 10.9. The van der Waals surface area contributed by atoms with Crippen molar-refractivity contribution in [2.24, 2.45) is 0 Å². The fraction of sp³-hybridized carbons (Fsp3) is 0.750. The molecular formula is C8H14S. The van der Waals surface area contributed by atoms with Gasteiger partial charge in [-0.1, -0.05) is 26.7 Å². The molecule has 0 unspecified atom stereocenters. The van der Waals surface area contributed by atoms with Crippen molar-refractivity contribution in [1.82, 2.24) is 0 Å². The van der Waals surface area contributed by atoms with Crippen LogP contribution < -0.4 is 0 Å². The molecule has 1 heteroatoms. The van der Waals surface area contributed by atoms with Crippen molar-refractivity contribution in [3.05, 3.63) is 0 Å². The van der Waals surface area contributed by atoms with E-state index in [0.29, 0.717) is 4.75 Å². The molecule has 0 heterocycles. The minimum Gasteiger partial charge on any atom is -0.143 e. The van der Waals surface area contributed by atoms with Crippen molar-refractivity contribution in [1.29, 1.82) is 0 Å². The van der Waals surface area contributed by atoms with Crippen molar-refractivity contribution in [2.45, 2.75) is 31.9 Å². The van der Waals surface area contributed by atoms with E-state index in [1.165, 1.54) is 6.42 Å². The van der Waals surface area contributed by atoms with Crippen molar-refractivity contribution in [3.8, 4) is 12.3 Å². The second kappa shape index (κ2) is 3.85. The summed E-state index contributed by atoms with van der Waals surface area (Å²) in [4.78, 5) is 0. The zero-order chi connectivity index (χ0) is 7.33. The monoisotopic (exact) mass is 142 g/mol. The molecule has 9 heavy (non-hydrogen) atoms. The Hall–Kier alpha value is -0.0900. The first-order valence-electron chi connectivity index (χ1n) is 3.20. The maximum Gasteiger partial charge on any atom is 0.0550 e. The summed E-state index contributed by atoms with van der Waals surface area (Å²) in [7, 11) is 0. The van der Waals surface area contributed by atoms with Gasteiger partial charge < -0.3 is 0 Å². The largest absolute Gasteiger partial charge is 0.143 e. The summed E-state index contributed by atoms with van der Waals surface area (Å²) in [6, 6.07) is 0. The molecule has 0 saturated heterocycles. The number of hydrogen-bond donors (Lipinski definition) is 0. The lowest BCUT2D eigenvalue weighted by atomic mass is 10.1. The quantitative estimate of drug-likeness (QED) is 0.546. The van der Waals surface area contributed by atoms with Crippen LogP contribution in [0, 0.1) is 12.3 Å². The number of thioether (sulfide) groups is 1. The molecule has 0 aliphatic carbocycles. The average molecular weight is 142 g/mol. The van der Waals surface area contributed by atoms with E-state index >= 15 is 0 Å². The van der Waals surface area contributed by atoms with Crippen LogP contribution in [-0.2, 0) is 0 Å². The highest BCUT2D eigenvalue weighted by Crippen LogP contribution is 2.26. The van der Waals surface area contributed by atoms with E-state index in [1.807, 2.05) is 11.8 Å². The van der Waals surface area contributed by atoms with Crippen LogP contribution in [0.4, 0.5) is 0 Å². The van der Waals surface area contributed by atoms with Crippen LogP contribution in [0.3, 0.4) is 0 Å². The molecule has 0 atom stereocenters. The fourth-order valence-electron chi connectivity index (χ4n) is 0.339. The van der Waals surface area contributed by atoms with Gasteiger partial charge in [-0.05, 0) is 6.42 Å². The Bertz CT molecular complexity index is 108. The summed E-state index contributed by atoms with van der Waals surface area (Å²) >= 11 is 1.84. The molecule has 52 valence electrons. The Labute approximate surface area is 62.4 Å². The minimum atomic E-state index is 0.367. The molecule has 0 aliphatic rings. The molecule has 0 aliphatic heterocycles. The van der Waals surface area contributed by atoms with Crippen LogP contribution in [-0.4, -0.2) is 10.5 Å². The van der Waals surface area contributed by atoms with Crippen LogP contribution in [0.25, 0.3) is 0 Å². The molecule has 0 rings (SSSR count). The molecular weight excluding hydrogens is 128 g/mol. The Morgan fingerprint density at radius 1 is 1.56 bits per heavy atom. The highest BCUT2D eigenvalue weighted by molar-refractivity contribution is 8.00. The predicted molar refractivity (Wildman–Crippen MR) is 45.7 cm³/mol. The first-order chi connectivity index (χ1) is 4.12. The summed E-state index contributed by atoms with van der Waals surface area (Å²) in [5.41, 5.74) is 0. The number of hydrogen-bond acceptors (Lipinski definition) is 1. The zero-order valence-electron chi connectivity index (χ0n) is 6.40. The van der Waals surface area contributed by atoms with Gasteiger partial charge in [0.05, 0.1) is 5.75 Å². The first kappa shape index (κ1) is 8.91. The summed E-state index contributed by atoms with van der Waals surface area (Å²) in [5.74, 6) is 3.46. The van der Waals surface area contributed by atoms with Crippen molar-refractivity contribution in [2.75, 3.05) is 5.75 Å². The van der Waals surface area contributed by atoms with E-state index in [0.717, 1.165) is 5.75 Å². The van der Waals surface area contributed by atoms with Gasteiger partial charge in [-0.15, -0.1) is 18.2 Å². The molecule has 0 bridgehead atoms. The molecule has 0 aromatic carbocycles. The van der Waals surface area contributed by atoms with Gasteiger partial charge in [0.15, 0.2) is 0 Å². The van der Waals surface area contributed by atoms with Crippen molar-refractivity contribution >= 4 is 11.8 Å². The SMILES string of the molecule is C#CCSC(C)(C)CC. The maximum atomic E-state index is 5.12. The Kier molecular flexibility index (Phi) is 3.81. The third-order valence-electron chi connectivity index (χ3n) is 1.40. The third-order valence-corrected chi connectivity index (χ3v) is 2.78. The Morgan fingerprint density at radius 2 is 2.11 bits per heavy atom. The fourth-order valence-corrected chi connectivity index (χ4v) is 1.02. The van der Waals surface area contributed by atoms with Gasteiger partial charge >= 0.3 is 0 Å². The predicted octanol–water partition coefficient (Wildman–Crippen LogP) is 2.54. The van der Waals surface area contributed by atoms with Gasteiger partial charge in [-0.3, -0.25) is 0 Å². The summed E-state index contributed by atoms with van der Waals surface area (Å²) < 4.78 is 0.367. The summed E-state index contributed by atoms with van der Waals surface area (Å²) in [5, 5.41) is 0. The highest BCUT2D eigenvalue weighted by Gasteiger charge is 2.13. The molecule has 0 saturated carbocycles. The van der Waals surface area contributed by atoms with Crippen LogP contribution in [0.15, 0.2) is 0 Å². The standard InChI is InChI=1S/C8H14S/c1-5-7-9-8(3,4)6-2/h1H,6-7H2,2-4H3. The van der Waals surface area contributed by atoms with Gasteiger partial charge in [0, 0.05) is 4.75 Å². The maximum absolute atomic E-state index is 5.12. The number of rotatable bonds is 3. The molecule has 0 fully saturated rings. The van der Waals surface area contributed by atoms with Crippen LogP contribution in [0.5, 0.6) is 0 Å². The summed E-state index contributed by atoms with van der Waals surface area (Å²) in [6.07, 6.45) is 6.30. The van der Waals surface area contributed by atoms with Gasteiger partial charge in [-0.25, -0.2) is 0 Å². The lowest BCUT2D eigenvalue weighted by molar-refractivity contribution is 0.686. The van der Waals surface area contributed by atoms with Crippen molar-refractivity contribution < 1.29 is 0 Å². The lowest BCUT2D eigenvalue weighted by Gasteiger charge is -2.19. The number of terminal acetylenes is 1. The van der Waals surface area contributed by atoms with E-state index in [9.17, 15) is 0 Å². The van der Waals surface area contributed by atoms with E-state index in [2.05, 4.69) is 26.7 Å². The van der Waals surface area contributed by atoms with Crippen molar-refractivity contribution in [3.63, 3.8) is 0 Å². The van der Waals surface area contributed by atoms with Gasteiger partial charge in [0.25, 0.3) is 0 Å². The smallest absolute Gasteiger partial charge is 0.0550 e. The van der Waals surface area contributed by atoms with Crippen LogP contribution in [0.1, 0.15) is 27.2 Å². The first-order valence-corrected chi connectivity index (χ1v) is 4.18. The topological polar surface area (TPSA) is 0 Å². The van der Waals surface area contributed by atoms with Crippen LogP contribution in [0.2, 0.25) is 0 Å². The molecule has 0 aromatic rings. The van der Waals surface area contributed by atoms with E-state index in [-0.39, 0.29) is 0 Å². The second-order valence-electron chi connectivity index (χ2n) is 2.61. The zero-order valence-corrected chi connectivity index (χ0v) is 7.22. The molecule has 0 aromatic heterocycles. The van der Waals surface area contributed by atoms with E-state index < -0.39 is 0 Å². The van der Waals surface area contributed by atoms with Crippen LogP contribution >= 0.6 is 11.8 Å². The molecule has 0 nitrogen and oxygen atoms in total. The lowest BCUT2D eigenvalue weighted by Crippen LogP contribution is -2.12.